The molecule has 0 fully saturated rings. The minimum absolute atomic E-state index is 0.609. The summed E-state index contributed by atoms with van der Waals surface area (Å²) in [5.74, 6) is 1.28. The summed E-state index contributed by atoms with van der Waals surface area (Å²) in [4.78, 5) is 0.740. The van der Waals surface area contributed by atoms with E-state index in [4.69, 9.17) is 4.74 Å². The first-order valence-electron chi connectivity index (χ1n) is 5.90. The van der Waals surface area contributed by atoms with Crippen molar-refractivity contribution in [1.29, 1.82) is 0 Å². The Balaban J connectivity index is 1.97. The van der Waals surface area contributed by atoms with Crippen LogP contribution >= 0.6 is 15.9 Å². The van der Waals surface area contributed by atoms with Crippen LogP contribution in [0.2, 0.25) is 0 Å². The van der Waals surface area contributed by atoms with E-state index in [0.29, 0.717) is 11.5 Å². The normalized spacial score (nSPS) is 12.3. The lowest BCUT2D eigenvalue weighted by molar-refractivity contribution is 0.404. The van der Waals surface area contributed by atoms with Crippen molar-refractivity contribution >= 4 is 26.7 Å². The first-order valence-corrected chi connectivity index (χ1v) is 8.01. The minimum atomic E-state index is -1.05. The second kappa shape index (κ2) is 6.86. The highest BCUT2D eigenvalue weighted by atomic mass is 79.9. The van der Waals surface area contributed by atoms with Crippen molar-refractivity contribution in [3.05, 3.63) is 40.6 Å². The molecule has 1 aromatic heterocycles. The summed E-state index contributed by atoms with van der Waals surface area (Å²) < 4.78 is 18.4. The quantitative estimate of drug-likeness (QED) is 0.877. The molecule has 1 N–H and O–H groups in total. The number of ether oxygens (including phenoxy) is 1. The third-order valence-electron chi connectivity index (χ3n) is 2.72. The van der Waals surface area contributed by atoms with Crippen LogP contribution in [0.4, 0.5) is 0 Å². The summed E-state index contributed by atoms with van der Waals surface area (Å²) in [6.45, 7) is 0. The Morgan fingerprint density at radius 2 is 2.32 bits per heavy atom. The molecule has 0 saturated carbocycles. The molecule has 1 aromatic carbocycles. The molecule has 0 saturated heterocycles. The smallest absolute Gasteiger partial charge is 0.135 e. The van der Waals surface area contributed by atoms with Gasteiger partial charge < -0.3 is 4.74 Å². The number of rotatable bonds is 6. The SMILES string of the molecule is COc1ccc(Br)cc1[S@](=O)CCCc1cn[nH]c1. The van der Waals surface area contributed by atoms with Gasteiger partial charge in [-0.25, -0.2) is 0 Å². The molecule has 1 heterocycles. The highest BCUT2D eigenvalue weighted by molar-refractivity contribution is 9.10. The molecule has 1 atom stereocenters. The van der Waals surface area contributed by atoms with Crippen LogP contribution < -0.4 is 4.74 Å². The predicted octanol–water partition coefficient (Wildman–Crippen LogP) is 2.92. The Morgan fingerprint density at radius 3 is 3.00 bits per heavy atom. The van der Waals surface area contributed by atoms with Gasteiger partial charge in [0.05, 0.1) is 29.0 Å². The van der Waals surface area contributed by atoms with Gasteiger partial charge in [-0.3, -0.25) is 9.31 Å². The molecule has 0 amide bonds. The van der Waals surface area contributed by atoms with E-state index in [2.05, 4.69) is 26.1 Å². The number of nitrogens with zero attached hydrogens (tertiary/aromatic N) is 1. The molecular weight excluding hydrogens is 328 g/mol. The van der Waals surface area contributed by atoms with Crippen LogP contribution in [0.15, 0.2) is 40.0 Å². The lowest BCUT2D eigenvalue weighted by Crippen LogP contribution is -2.02. The number of aromatic nitrogens is 2. The molecule has 4 nitrogen and oxygen atoms in total. The van der Waals surface area contributed by atoms with E-state index in [1.807, 2.05) is 24.4 Å². The number of hydrogen-bond donors (Lipinski definition) is 1. The van der Waals surface area contributed by atoms with Gasteiger partial charge in [-0.1, -0.05) is 15.9 Å². The molecule has 0 unspecified atom stereocenters. The molecule has 19 heavy (non-hydrogen) atoms. The van der Waals surface area contributed by atoms with Gasteiger partial charge in [0.25, 0.3) is 0 Å². The molecule has 2 aromatic rings. The van der Waals surface area contributed by atoms with Crippen molar-refractivity contribution in [2.45, 2.75) is 17.7 Å². The number of hydrogen-bond acceptors (Lipinski definition) is 3. The Kier molecular flexibility index (Phi) is 5.15. The molecule has 0 bridgehead atoms. The molecule has 0 aliphatic carbocycles. The average molecular weight is 343 g/mol. The topological polar surface area (TPSA) is 55.0 Å². The van der Waals surface area contributed by atoms with Crippen LogP contribution in [0.1, 0.15) is 12.0 Å². The van der Waals surface area contributed by atoms with Gasteiger partial charge in [0.1, 0.15) is 5.75 Å². The van der Waals surface area contributed by atoms with Gasteiger partial charge in [-0.15, -0.1) is 0 Å². The maximum Gasteiger partial charge on any atom is 0.135 e. The molecule has 6 heteroatoms. The number of nitrogens with one attached hydrogen (secondary N) is 1. The van der Waals surface area contributed by atoms with E-state index in [0.717, 1.165) is 27.8 Å². The summed E-state index contributed by atoms with van der Waals surface area (Å²) in [6, 6.07) is 5.56. The van der Waals surface area contributed by atoms with Gasteiger partial charge in [-0.2, -0.15) is 5.10 Å². The summed E-state index contributed by atoms with van der Waals surface area (Å²) in [7, 11) is 0.540. The van der Waals surface area contributed by atoms with Crippen LogP contribution in [0, 0.1) is 0 Å². The fraction of sp³-hybridized carbons (Fsp3) is 0.308. The lowest BCUT2D eigenvalue weighted by Gasteiger charge is -2.08. The first-order chi connectivity index (χ1) is 9.20. The zero-order chi connectivity index (χ0) is 13.7. The third-order valence-corrected chi connectivity index (χ3v) is 4.68. The standard InChI is InChI=1S/C13H15BrN2O2S/c1-18-12-5-4-11(14)7-13(12)19(17)6-2-3-10-8-15-16-9-10/h4-5,7-9H,2-3,6H2,1H3,(H,15,16)/t19-/m1/s1. The fourth-order valence-electron chi connectivity index (χ4n) is 1.76. The number of halogens is 1. The van der Waals surface area contributed by atoms with Gasteiger partial charge >= 0.3 is 0 Å². The largest absolute Gasteiger partial charge is 0.495 e. The van der Waals surface area contributed by atoms with E-state index in [9.17, 15) is 4.21 Å². The Labute approximate surface area is 123 Å². The zero-order valence-electron chi connectivity index (χ0n) is 10.6. The number of aryl methyl sites for hydroxylation is 1. The highest BCUT2D eigenvalue weighted by Crippen LogP contribution is 2.26. The molecular formula is C13H15BrN2O2S. The predicted molar refractivity (Wildman–Crippen MR) is 78.9 cm³/mol. The van der Waals surface area contributed by atoms with Crippen LogP contribution in [-0.4, -0.2) is 27.3 Å². The van der Waals surface area contributed by atoms with Crippen molar-refractivity contribution in [2.75, 3.05) is 12.9 Å². The molecule has 2 rings (SSSR count). The first kappa shape index (κ1) is 14.3. The van der Waals surface area contributed by atoms with Crippen LogP contribution in [0.5, 0.6) is 5.75 Å². The van der Waals surface area contributed by atoms with Gasteiger partial charge in [0.2, 0.25) is 0 Å². The minimum Gasteiger partial charge on any atom is -0.495 e. The maximum atomic E-state index is 12.3. The van der Waals surface area contributed by atoms with Crippen LogP contribution in [0.25, 0.3) is 0 Å². The van der Waals surface area contributed by atoms with Gasteiger partial charge in [-0.05, 0) is 36.6 Å². The van der Waals surface area contributed by atoms with Gasteiger partial charge in [0.15, 0.2) is 0 Å². The maximum absolute atomic E-state index is 12.3. The van der Waals surface area contributed by atoms with Crippen molar-refractivity contribution in [1.82, 2.24) is 10.2 Å². The summed E-state index contributed by atoms with van der Waals surface area (Å²) >= 11 is 3.39. The monoisotopic (exact) mass is 342 g/mol. The summed E-state index contributed by atoms with van der Waals surface area (Å²) in [5.41, 5.74) is 1.14. The highest BCUT2D eigenvalue weighted by Gasteiger charge is 2.11. The summed E-state index contributed by atoms with van der Waals surface area (Å²) in [5, 5.41) is 6.66. The third kappa shape index (κ3) is 3.91. The van der Waals surface area contributed by atoms with Crippen molar-refractivity contribution in [2.24, 2.45) is 0 Å². The Hall–Kier alpha value is -1.14. The van der Waals surface area contributed by atoms with E-state index in [-0.39, 0.29) is 0 Å². The average Bonchev–Trinajstić information content (AvgIpc) is 2.91. The van der Waals surface area contributed by atoms with Crippen molar-refractivity contribution < 1.29 is 8.95 Å². The Bertz CT molecular complexity index is 558. The number of benzene rings is 1. The molecule has 0 aliphatic heterocycles. The fourth-order valence-corrected chi connectivity index (χ4v) is 3.53. The second-order valence-corrected chi connectivity index (χ2v) is 6.51. The van der Waals surface area contributed by atoms with Crippen LogP contribution in [0.3, 0.4) is 0 Å². The molecule has 0 spiro atoms. The summed E-state index contributed by atoms with van der Waals surface area (Å²) in [6.07, 6.45) is 5.38. The molecule has 102 valence electrons. The van der Waals surface area contributed by atoms with Crippen LogP contribution in [-0.2, 0) is 17.2 Å². The van der Waals surface area contributed by atoms with Crippen molar-refractivity contribution in [3.8, 4) is 5.75 Å². The Morgan fingerprint density at radius 1 is 1.47 bits per heavy atom. The van der Waals surface area contributed by atoms with E-state index in [1.54, 1.807) is 13.3 Å². The van der Waals surface area contributed by atoms with Crippen molar-refractivity contribution in [3.63, 3.8) is 0 Å². The second-order valence-electron chi connectivity index (χ2n) is 4.05. The van der Waals surface area contributed by atoms with E-state index >= 15 is 0 Å². The van der Waals surface area contributed by atoms with E-state index < -0.39 is 10.8 Å². The molecule has 0 aliphatic rings. The molecule has 0 radical (unpaired) electrons. The number of aromatic amines is 1. The van der Waals surface area contributed by atoms with E-state index in [1.165, 1.54) is 0 Å². The lowest BCUT2D eigenvalue weighted by atomic mass is 10.2. The van der Waals surface area contributed by atoms with Gasteiger partial charge in [0, 0.05) is 16.4 Å². The number of H-pyrrole nitrogens is 1. The zero-order valence-corrected chi connectivity index (χ0v) is 13.0. The number of methoxy groups -OCH3 is 1.